The smallest absolute Gasteiger partial charge is 0.0438 e. The zero-order valence-corrected chi connectivity index (χ0v) is 11.7. The second kappa shape index (κ2) is 4.84. The van der Waals surface area contributed by atoms with Gasteiger partial charge in [-0.25, -0.2) is 0 Å². The molecule has 2 heterocycles. The molecule has 0 radical (unpaired) electrons. The first-order valence-corrected chi connectivity index (χ1v) is 7.27. The Hall–Kier alpha value is -0.570. The molecule has 2 nitrogen and oxygen atoms in total. The van der Waals surface area contributed by atoms with Crippen LogP contribution in [0.25, 0.3) is 0 Å². The molecule has 1 aromatic rings. The van der Waals surface area contributed by atoms with Gasteiger partial charge < -0.3 is 5.73 Å². The fourth-order valence-electron chi connectivity index (χ4n) is 3.52. The second-order valence-corrected chi connectivity index (χ2v) is 6.28. The van der Waals surface area contributed by atoms with E-state index in [-0.39, 0.29) is 0 Å². The average molecular weight is 265 g/mol. The highest BCUT2D eigenvalue weighted by atomic mass is 35.5. The molecule has 2 bridgehead atoms. The lowest BCUT2D eigenvalue weighted by Gasteiger charge is -2.37. The summed E-state index contributed by atoms with van der Waals surface area (Å²) in [5.41, 5.74) is 8.60. The van der Waals surface area contributed by atoms with E-state index in [4.69, 9.17) is 17.3 Å². The number of fused-ring (bicyclic) bond motifs is 2. The number of halogens is 1. The van der Waals surface area contributed by atoms with Crippen molar-refractivity contribution in [3.63, 3.8) is 0 Å². The van der Waals surface area contributed by atoms with Gasteiger partial charge in [0.25, 0.3) is 0 Å². The summed E-state index contributed by atoms with van der Waals surface area (Å²) >= 11 is 6.20. The van der Waals surface area contributed by atoms with Crippen LogP contribution in [0.1, 0.15) is 36.8 Å². The molecule has 0 aliphatic carbocycles. The predicted octanol–water partition coefficient (Wildman–Crippen LogP) is 3.10. The fourth-order valence-corrected chi connectivity index (χ4v) is 3.72. The molecule has 1 aromatic carbocycles. The van der Waals surface area contributed by atoms with E-state index >= 15 is 0 Å². The van der Waals surface area contributed by atoms with Gasteiger partial charge in [-0.2, -0.15) is 0 Å². The van der Waals surface area contributed by atoms with Crippen LogP contribution >= 0.6 is 11.6 Å². The molecule has 2 aliphatic heterocycles. The summed E-state index contributed by atoms with van der Waals surface area (Å²) in [5.74, 6) is 0. The van der Waals surface area contributed by atoms with Crippen LogP contribution in [0, 0.1) is 6.92 Å². The topological polar surface area (TPSA) is 29.3 Å². The molecule has 2 aliphatic rings. The minimum atomic E-state index is 0.417. The van der Waals surface area contributed by atoms with Gasteiger partial charge in [-0.05, 0) is 49.8 Å². The van der Waals surface area contributed by atoms with Gasteiger partial charge in [0, 0.05) is 29.7 Å². The molecular weight excluding hydrogens is 244 g/mol. The summed E-state index contributed by atoms with van der Waals surface area (Å²) in [5, 5.41) is 0.883. The number of hydrogen-bond donors (Lipinski definition) is 1. The van der Waals surface area contributed by atoms with Gasteiger partial charge >= 0.3 is 0 Å². The van der Waals surface area contributed by atoms with Crippen LogP contribution in [0.3, 0.4) is 0 Å². The standard InChI is InChI=1S/C15H21ClN2/c1-10-2-3-11(6-15(10)16)9-18-13-4-5-14(18)8-12(17)7-13/h2-3,6,12-14H,4-5,7-9,17H2,1H3. The van der Waals surface area contributed by atoms with E-state index in [9.17, 15) is 0 Å². The SMILES string of the molecule is Cc1ccc(CN2C3CCC2CC(N)C3)cc1Cl. The monoisotopic (exact) mass is 264 g/mol. The Morgan fingerprint density at radius 2 is 1.94 bits per heavy atom. The first kappa shape index (κ1) is 12.5. The Bertz CT molecular complexity index is 432. The first-order chi connectivity index (χ1) is 8.63. The summed E-state index contributed by atoms with van der Waals surface area (Å²) in [6.45, 7) is 3.08. The summed E-state index contributed by atoms with van der Waals surface area (Å²) < 4.78 is 0. The zero-order chi connectivity index (χ0) is 12.7. The van der Waals surface area contributed by atoms with Crippen LogP contribution in [0.2, 0.25) is 5.02 Å². The molecule has 0 amide bonds. The average Bonchev–Trinajstić information content (AvgIpc) is 2.58. The third kappa shape index (κ3) is 2.29. The molecule has 98 valence electrons. The van der Waals surface area contributed by atoms with E-state index in [0.29, 0.717) is 18.1 Å². The van der Waals surface area contributed by atoms with E-state index in [1.54, 1.807) is 0 Å². The van der Waals surface area contributed by atoms with Crippen LogP contribution in [0.15, 0.2) is 18.2 Å². The van der Waals surface area contributed by atoms with Gasteiger partial charge in [0.05, 0.1) is 0 Å². The number of piperidine rings is 1. The van der Waals surface area contributed by atoms with Crippen LogP contribution in [-0.4, -0.2) is 23.0 Å². The van der Waals surface area contributed by atoms with E-state index in [2.05, 4.69) is 30.0 Å². The number of nitrogens with zero attached hydrogens (tertiary/aromatic N) is 1. The number of nitrogens with two attached hydrogens (primary N) is 1. The van der Waals surface area contributed by atoms with Gasteiger partial charge in [0.2, 0.25) is 0 Å². The number of rotatable bonds is 2. The minimum Gasteiger partial charge on any atom is -0.328 e. The van der Waals surface area contributed by atoms with Crippen LogP contribution in [-0.2, 0) is 6.54 Å². The molecular formula is C15H21ClN2. The molecule has 2 atom stereocenters. The fraction of sp³-hybridized carbons (Fsp3) is 0.600. The molecule has 2 unspecified atom stereocenters. The van der Waals surface area contributed by atoms with Gasteiger partial charge in [0.15, 0.2) is 0 Å². The zero-order valence-electron chi connectivity index (χ0n) is 10.9. The van der Waals surface area contributed by atoms with Gasteiger partial charge in [0.1, 0.15) is 0 Å². The summed E-state index contributed by atoms with van der Waals surface area (Å²) in [6, 6.07) is 8.24. The van der Waals surface area contributed by atoms with Crippen molar-refractivity contribution in [1.29, 1.82) is 0 Å². The Morgan fingerprint density at radius 1 is 1.28 bits per heavy atom. The Kier molecular flexibility index (Phi) is 3.35. The highest BCUT2D eigenvalue weighted by molar-refractivity contribution is 6.31. The Balaban J connectivity index is 1.75. The number of aryl methyl sites for hydroxylation is 1. The van der Waals surface area contributed by atoms with Crippen LogP contribution < -0.4 is 5.73 Å². The molecule has 3 heteroatoms. The summed E-state index contributed by atoms with van der Waals surface area (Å²) in [6.07, 6.45) is 4.96. The highest BCUT2D eigenvalue weighted by Gasteiger charge is 2.39. The quantitative estimate of drug-likeness (QED) is 0.889. The van der Waals surface area contributed by atoms with Gasteiger partial charge in [-0.1, -0.05) is 23.7 Å². The lowest BCUT2D eigenvalue weighted by atomic mass is 9.97. The summed E-state index contributed by atoms with van der Waals surface area (Å²) in [7, 11) is 0. The molecule has 2 fully saturated rings. The third-order valence-corrected chi connectivity index (χ3v) is 4.93. The van der Waals surface area contributed by atoms with Crippen molar-refractivity contribution >= 4 is 11.6 Å². The van der Waals surface area contributed by atoms with E-state index in [0.717, 1.165) is 30.0 Å². The second-order valence-electron chi connectivity index (χ2n) is 5.87. The Labute approximate surface area is 114 Å². The van der Waals surface area contributed by atoms with Crippen molar-refractivity contribution in [3.05, 3.63) is 34.3 Å². The van der Waals surface area contributed by atoms with Crippen molar-refractivity contribution in [2.75, 3.05) is 0 Å². The number of hydrogen-bond acceptors (Lipinski definition) is 2. The van der Waals surface area contributed by atoms with E-state index in [1.165, 1.54) is 18.4 Å². The molecule has 18 heavy (non-hydrogen) atoms. The Morgan fingerprint density at radius 3 is 2.56 bits per heavy atom. The summed E-state index contributed by atoms with van der Waals surface area (Å²) in [4.78, 5) is 2.64. The van der Waals surface area contributed by atoms with Crippen molar-refractivity contribution < 1.29 is 0 Å². The molecule has 0 aromatic heterocycles. The van der Waals surface area contributed by atoms with Crippen LogP contribution in [0.4, 0.5) is 0 Å². The maximum Gasteiger partial charge on any atom is 0.0438 e. The van der Waals surface area contributed by atoms with E-state index in [1.807, 2.05) is 0 Å². The molecule has 2 saturated heterocycles. The van der Waals surface area contributed by atoms with Crippen molar-refractivity contribution in [2.24, 2.45) is 5.73 Å². The van der Waals surface area contributed by atoms with Crippen molar-refractivity contribution in [2.45, 2.75) is 57.3 Å². The van der Waals surface area contributed by atoms with E-state index < -0.39 is 0 Å². The first-order valence-electron chi connectivity index (χ1n) is 6.90. The molecule has 2 N–H and O–H groups in total. The molecule has 3 rings (SSSR count). The van der Waals surface area contributed by atoms with Gasteiger partial charge in [-0.3, -0.25) is 4.90 Å². The van der Waals surface area contributed by atoms with Crippen molar-refractivity contribution in [3.8, 4) is 0 Å². The van der Waals surface area contributed by atoms with Gasteiger partial charge in [-0.15, -0.1) is 0 Å². The largest absolute Gasteiger partial charge is 0.328 e. The predicted molar refractivity (Wildman–Crippen MR) is 75.8 cm³/mol. The minimum absolute atomic E-state index is 0.417. The maximum absolute atomic E-state index is 6.20. The normalized spacial score (nSPS) is 31.8. The number of benzene rings is 1. The lowest BCUT2D eigenvalue weighted by Crippen LogP contribution is -2.46. The molecule has 0 saturated carbocycles. The molecule has 0 spiro atoms. The van der Waals surface area contributed by atoms with Crippen molar-refractivity contribution in [1.82, 2.24) is 4.90 Å². The third-order valence-electron chi connectivity index (χ3n) is 4.52. The maximum atomic E-state index is 6.20. The highest BCUT2D eigenvalue weighted by Crippen LogP contribution is 2.36. The lowest BCUT2D eigenvalue weighted by molar-refractivity contribution is 0.120. The van der Waals surface area contributed by atoms with Crippen LogP contribution in [0.5, 0.6) is 0 Å².